The van der Waals surface area contributed by atoms with Crippen LogP contribution in [0.4, 0.5) is 0 Å². The largest absolute Gasteiger partial charge is 0.473 e. The quantitative estimate of drug-likeness (QED) is 0.589. The van der Waals surface area contributed by atoms with Gasteiger partial charge in [0.2, 0.25) is 5.91 Å². The molecule has 0 aliphatic rings. The summed E-state index contributed by atoms with van der Waals surface area (Å²) in [5, 5.41) is 2.66. The smallest absolute Gasteiger partial charge is 0.233 e. The number of nitrogens with one attached hydrogen (secondary N) is 1. The monoisotopic (exact) mass is 299 g/mol. The Bertz CT molecular complexity index is 438. The number of Topliss-reactive ketones (excluding diaryl/α,β-unsaturated/α-hetero) is 1. The Morgan fingerprint density at radius 3 is 2.84 bits per heavy atom. The van der Waals surface area contributed by atoms with Crippen LogP contribution >= 0.6 is 21.6 Å². The SMILES string of the molecule is CSSCC(=O)NCOc1cccc(CC(C)=O)c1. The van der Waals surface area contributed by atoms with Gasteiger partial charge in [-0.15, -0.1) is 0 Å². The van der Waals surface area contributed by atoms with Gasteiger partial charge < -0.3 is 10.1 Å². The molecule has 6 heteroatoms. The molecule has 0 saturated heterocycles. The molecule has 0 fully saturated rings. The number of ether oxygens (including phenoxy) is 1. The van der Waals surface area contributed by atoms with Gasteiger partial charge in [0, 0.05) is 6.42 Å². The predicted molar refractivity (Wildman–Crippen MR) is 80.4 cm³/mol. The van der Waals surface area contributed by atoms with E-state index in [2.05, 4.69) is 5.32 Å². The summed E-state index contributed by atoms with van der Waals surface area (Å²) in [6.45, 7) is 1.69. The Labute approximate surface area is 121 Å². The van der Waals surface area contributed by atoms with Crippen molar-refractivity contribution in [3.05, 3.63) is 29.8 Å². The van der Waals surface area contributed by atoms with Crippen molar-refractivity contribution in [1.82, 2.24) is 5.32 Å². The third-order valence-electron chi connectivity index (χ3n) is 2.17. The lowest BCUT2D eigenvalue weighted by Gasteiger charge is -2.08. The second-order valence-electron chi connectivity index (χ2n) is 3.84. The molecule has 1 aromatic carbocycles. The van der Waals surface area contributed by atoms with Gasteiger partial charge in [0.1, 0.15) is 11.5 Å². The highest BCUT2D eigenvalue weighted by Crippen LogP contribution is 2.16. The molecule has 1 amide bonds. The number of rotatable bonds is 8. The van der Waals surface area contributed by atoms with Gasteiger partial charge in [-0.2, -0.15) is 0 Å². The van der Waals surface area contributed by atoms with Crippen molar-refractivity contribution < 1.29 is 14.3 Å². The summed E-state index contributed by atoms with van der Waals surface area (Å²) in [4.78, 5) is 22.4. The van der Waals surface area contributed by atoms with E-state index < -0.39 is 0 Å². The Morgan fingerprint density at radius 1 is 1.37 bits per heavy atom. The van der Waals surface area contributed by atoms with E-state index in [0.717, 1.165) is 5.56 Å². The van der Waals surface area contributed by atoms with E-state index >= 15 is 0 Å². The summed E-state index contributed by atoms with van der Waals surface area (Å²) in [7, 11) is 3.03. The first-order valence-electron chi connectivity index (χ1n) is 5.75. The zero-order valence-corrected chi connectivity index (χ0v) is 12.6. The van der Waals surface area contributed by atoms with E-state index in [0.29, 0.717) is 17.9 Å². The highest BCUT2D eigenvalue weighted by molar-refractivity contribution is 8.76. The Balaban J connectivity index is 2.36. The van der Waals surface area contributed by atoms with E-state index in [9.17, 15) is 9.59 Å². The molecule has 104 valence electrons. The molecule has 0 aromatic heterocycles. The molecule has 4 nitrogen and oxygen atoms in total. The first-order valence-corrected chi connectivity index (χ1v) is 8.48. The van der Waals surface area contributed by atoms with E-state index in [4.69, 9.17) is 4.74 Å². The molecule has 0 saturated carbocycles. The fraction of sp³-hybridized carbons (Fsp3) is 0.385. The molecule has 1 aromatic rings. The van der Waals surface area contributed by atoms with Crippen molar-refractivity contribution in [2.24, 2.45) is 0 Å². The van der Waals surface area contributed by atoms with Crippen LogP contribution in [0.5, 0.6) is 5.75 Å². The van der Waals surface area contributed by atoms with Crippen molar-refractivity contribution in [3.8, 4) is 5.75 Å². The minimum absolute atomic E-state index is 0.0563. The third kappa shape index (κ3) is 7.12. The number of carbonyl (C=O) groups excluding carboxylic acids is 2. The molecule has 0 aliphatic carbocycles. The van der Waals surface area contributed by atoms with Crippen LogP contribution in [0.1, 0.15) is 12.5 Å². The van der Waals surface area contributed by atoms with Crippen molar-refractivity contribution in [2.75, 3.05) is 18.7 Å². The molecule has 0 heterocycles. The molecular weight excluding hydrogens is 282 g/mol. The van der Waals surface area contributed by atoms with Gasteiger partial charge in [0.05, 0.1) is 5.75 Å². The highest BCUT2D eigenvalue weighted by atomic mass is 33.1. The lowest BCUT2D eigenvalue weighted by molar-refractivity contribution is -0.119. The van der Waals surface area contributed by atoms with Gasteiger partial charge in [0.15, 0.2) is 6.73 Å². The predicted octanol–water partition coefficient (Wildman–Crippen LogP) is 2.28. The molecule has 0 atom stereocenters. The van der Waals surface area contributed by atoms with Crippen molar-refractivity contribution >= 4 is 33.3 Å². The lowest BCUT2D eigenvalue weighted by atomic mass is 10.1. The average molecular weight is 299 g/mol. The molecule has 19 heavy (non-hydrogen) atoms. The fourth-order valence-corrected chi connectivity index (χ4v) is 2.40. The summed E-state index contributed by atoms with van der Waals surface area (Å²) in [6, 6.07) is 7.32. The van der Waals surface area contributed by atoms with Gasteiger partial charge in [0.25, 0.3) is 0 Å². The Morgan fingerprint density at radius 2 is 2.16 bits per heavy atom. The molecule has 1 rings (SSSR count). The Hall–Kier alpha value is -1.14. The van der Waals surface area contributed by atoms with Crippen LogP contribution in [0, 0.1) is 0 Å². The van der Waals surface area contributed by atoms with Crippen molar-refractivity contribution in [1.29, 1.82) is 0 Å². The number of benzene rings is 1. The molecule has 0 unspecified atom stereocenters. The summed E-state index contributed by atoms with van der Waals surface area (Å²) >= 11 is 0. The molecule has 0 aliphatic heterocycles. The lowest BCUT2D eigenvalue weighted by Crippen LogP contribution is -2.29. The van der Waals surface area contributed by atoms with E-state index in [1.807, 2.05) is 24.5 Å². The molecule has 0 spiro atoms. The zero-order valence-electron chi connectivity index (χ0n) is 11.0. The van der Waals surface area contributed by atoms with Gasteiger partial charge in [-0.05, 0) is 30.9 Å². The molecular formula is C13H17NO3S2. The number of hydrogen-bond acceptors (Lipinski definition) is 5. The van der Waals surface area contributed by atoms with Crippen LogP contribution in [0.25, 0.3) is 0 Å². The first kappa shape index (κ1) is 15.9. The third-order valence-corrected chi connectivity index (χ3v) is 3.84. The zero-order chi connectivity index (χ0) is 14.1. The topological polar surface area (TPSA) is 55.4 Å². The highest BCUT2D eigenvalue weighted by Gasteiger charge is 2.02. The van der Waals surface area contributed by atoms with Crippen molar-refractivity contribution in [3.63, 3.8) is 0 Å². The normalized spacial score (nSPS) is 10.0. The van der Waals surface area contributed by atoms with E-state index in [1.54, 1.807) is 23.8 Å². The maximum absolute atomic E-state index is 11.3. The van der Waals surface area contributed by atoms with Crippen LogP contribution in [-0.4, -0.2) is 30.4 Å². The number of carbonyl (C=O) groups is 2. The molecule has 1 N–H and O–H groups in total. The second-order valence-corrected chi connectivity index (χ2v) is 6.41. The van der Waals surface area contributed by atoms with Gasteiger partial charge >= 0.3 is 0 Å². The average Bonchev–Trinajstić information content (AvgIpc) is 2.36. The maximum Gasteiger partial charge on any atom is 0.233 e. The number of ketones is 1. The summed E-state index contributed by atoms with van der Waals surface area (Å²) in [5.74, 6) is 1.12. The standard InChI is InChI=1S/C13H17NO3S2/c1-10(15)6-11-4-3-5-12(7-11)17-9-14-13(16)8-19-18-2/h3-5,7H,6,8-9H2,1-2H3,(H,14,16). The first-order chi connectivity index (χ1) is 9.11. The maximum atomic E-state index is 11.3. The molecule has 0 bridgehead atoms. The Kier molecular flexibility index (Phi) is 7.43. The van der Waals surface area contributed by atoms with Crippen LogP contribution in [0.2, 0.25) is 0 Å². The van der Waals surface area contributed by atoms with E-state index in [-0.39, 0.29) is 18.4 Å². The molecule has 0 radical (unpaired) electrons. The van der Waals surface area contributed by atoms with Gasteiger partial charge in [-0.1, -0.05) is 33.7 Å². The summed E-state index contributed by atoms with van der Waals surface area (Å²) in [6.07, 6.45) is 2.32. The minimum atomic E-state index is -0.0563. The summed E-state index contributed by atoms with van der Waals surface area (Å²) in [5.41, 5.74) is 0.911. The number of amides is 1. The summed E-state index contributed by atoms with van der Waals surface area (Å²) < 4.78 is 5.42. The minimum Gasteiger partial charge on any atom is -0.473 e. The van der Waals surface area contributed by atoms with E-state index in [1.165, 1.54) is 10.8 Å². The van der Waals surface area contributed by atoms with Crippen LogP contribution in [-0.2, 0) is 16.0 Å². The van der Waals surface area contributed by atoms with Crippen LogP contribution in [0.3, 0.4) is 0 Å². The number of hydrogen-bond donors (Lipinski definition) is 1. The second kappa shape index (κ2) is 8.87. The van der Waals surface area contributed by atoms with Crippen molar-refractivity contribution in [2.45, 2.75) is 13.3 Å². The van der Waals surface area contributed by atoms with Gasteiger partial charge in [-0.3, -0.25) is 9.59 Å². The van der Waals surface area contributed by atoms with Crippen LogP contribution in [0.15, 0.2) is 24.3 Å². The van der Waals surface area contributed by atoms with Gasteiger partial charge in [-0.25, -0.2) is 0 Å². The van der Waals surface area contributed by atoms with Crippen LogP contribution < -0.4 is 10.1 Å². The fourth-order valence-electron chi connectivity index (χ4n) is 1.40.